The second-order valence-electron chi connectivity index (χ2n) is 5.90. The van der Waals surface area contributed by atoms with Gasteiger partial charge >= 0.3 is 0 Å². The third kappa shape index (κ3) is 4.21. The average Bonchev–Trinajstić information content (AvgIpc) is 2.79. The van der Waals surface area contributed by atoms with Gasteiger partial charge in [0.15, 0.2) is 0 Å². The van der Waals surface area contributed by atoms with E-state index in [1.54, 1.807) is 0 Å². The van der Waals surface area contributed by atoms with Crippen LogP contribution in [-0.4, -0.2) is 35.6 Å². The molecule has 2 rings (SSSR count). The van der Waals surface area contributed by atoms with Crippen LogP contribution < -0.4 is 5.32 Å². The van der Waals surface area contributed by atoms with Crippen LogP contribution in [0.25, 0.3) is 0 Å². The van der Waals surface area contributed by atoms with Gasteiger partial charge in [0, 0.05) is 25.6 Å². The first-order valence-corrected chi connectivity index (χ1v) is 8.58. The minimum absolute atomic E-state index is 0.421. The molecule has 21 heavy (non-hydrogen) atoms. The predicted molar refractivity (Wildman–Crippen MR) is 87.0 cm³/mol. The van der Waals surface area contributed by atoms with Gasteiger partial charge in [-0.05, 0) is 45.6 Å². The van der Waals surface area contributed by atoms with Gasteiger partial charge in [-0.1, -0.05) is 18.5 Å². The van der Waals surface area contributed by atoms with Crippen LogP contribution in [0.15, 0.2) is 0 Å². The van der Waals surface area contributed by atoms with Gasteiger partial charge in [0.1, 0.15) is 0 Å². The van der Waals surface area contributed by atoms with E-state index < -0.39 is 0 Å². The van der Waals surface area contributed by atoms with E-state index >= 15 is 0 Å². The predicted octanol–water partition coefficient (Wildman–Crippen LogP) is 3.20. The summed E-state index contributed by atoms with van der Waals surface area (Å²) in [5, 5.41) is 9.06. The lowest BCUT2D eigenvalue weighted by Gasteiger charge is -2.31. The van der Waals surface area contributed by atoms with Crippen molar-refractivity contribution >= 4 is 11.6 Å². The normalized spacial score (nSPS) is 20.7. The molecule has 4 nitrogen and oxygen atoms in total. The van der Waals surface area contributed by atoms with Crippen molar-refractivity contribution in [1.82, 2.24) is 15.1 Å². The van der Waals surface area contributed by atoms with Crippen LogP contribution in [0.1, 0.15) is 44.5 Å². The minimum atomic E-state index is 0.421. The highest BCUT2D eigenvalue weighted by Gasteiger charge is 2.26. The molecule has 0 spiro atoms. The van der Waals surface area contributed by atoms with Gasteiger partial charge < -0.3 is 10.1 Å². The highest BCUT2D eigenvalue weighted by atomic mass is 35.5. The topological polar surface area (TPSA) is 39.1 Å². The Kier molecular flexibility index (Phi) is 6.52. The zero-order valence-electron chi connectivity index (χ0n) is 13.5. The SMILES string of the molecule is CCCNC(Cc1c(Cl)c(C)nn1CC)C1CCCOC1. The summed E-state index contributed by atoms with van der Waals surface area (Å²) in [6, 6.07) is 0.421. The molecular formula is C16H28ClN3O. The van der Waals surface area contributed by atoms with Crippen molar-refractivity contribution in [3.05, 3.63) is 16.4 Å². The number of hydrogen-bond acceptors (Lipinski definition) is 3. The van der Waals surface area contributed by atoms with Gasteiger partial charge in [0.05, 0.1) is 23.0 Å². The quantitative estimate of drug-likeness (QED) is 0.840. The molecule has 1 aromatic heterocycles. The van der Waals surface area contributed by atoms with E-state index in [-0.39, 0.29) is 0 Å². The van der Waals surface area contributed by atoms with Crippen LogP contribution in [-0.2, 0) is 17.7 Å². The van der Waals surface area contributed by atoms with Crippen LogP contribution in [0, 0.1) is 12.8 Å². The number of aryl methyl sites for hydroxylation is 2. The Morgan fingerprint density at radius 3 is 2.90 bits per heavy atom. The molecule has 0 radical (unpaired) electrons. The summed E-state index contributed by atoms with van der Waals surface area (Å²) in [4.78, 5) is 0. The fraction of sp³-hybridized carbons (Fsp3) is 0.812. The van der Waals surface area contributed by atoms with E-state index in [1.165, 1.54) is 6.42 Å². The van der Waals surface area contributed by atoms with Crippen LogP contribution >= 0.6 is 11.6 Å². The molecule has 2 atom stereocenters. The zero-order chi connectivity index (χ0) is 15.2. The van der Waals surface area contributed by atoms with E-state index in [0.29, 0.717) is 12.0 Å². The molecule has 2 unspecified atom stereocenters. The van der Waals surface area contributed by atoms with Gasteiger partial charge in [-0.2, -0.15) is 5.10 Å². The summed E-state index contributed by atoms with van der Waals surface area (Å²) >= 11 is 6.47. The number of nitrogens with one attached hydrogen (secondary N) is 1. The standard InChI is InChI=1S/C16H28ClN3O/c1-4-8-18-14(13-7-6-9-21-11-13)10-15-16(17)12(3)19-20(15)5-2/h13-14,18H,4-11H2,1-3H3. The summed E-state index contributed by atoms with van der Waals surface area (Å²) in [6.45, 7) is 9.97. The maximum Gasteiger partial charge on any atom is 0.0847 e. The molecule has 5 heteroatoms. The molecule has 1 aliphatic heterocycles. The second kappa shape index (κ2) is 8.16. The Hall–Kier alpha value is -0.580. The third-order valence-electron chi connectivity index (χ3n) is 4.29. The van der Waals surface area contributed by atoms with Gasteiger partial charge in [-0.25, -0.2) is 0 Å². The van der Waals surface area contributed by atoms with E-state index in [9.17, 15) is 0 Å². The van der Waals surface area contributed by atoms with E-state index in [4.69, 9.17) is 16.3 Å². The smallest absolute Gasteiger partial charge is 0.0847 e. The number of halogens is 1. The van der Waals surface area contributed by atoms with Crippen molar-refractivity contribution in [1.29, 1.82) is 0 Å². The number of hydrogen-bond donors (Lipinski definition) is 1. The second-order valence-corrected chi connectivity index (χ2v) is 6.28. The van der Waals surface area contributed by atoms with Crippen molar-refractivity contribution in [3.8, 4) is 0 Å². The van der Waals surface area contributed by atoms with Crippen molar-refractivity contribution in [2.45, 2.75) is 59.0 Å². The molecular weight excluding hydrogens is 286 g/mol. The van der Waals surface area contributed by atoms with Gasteiger partial charge in [-0.15, -0.1) is 0 Å². The van der Waals surface area contributed by atoms with Crippen molar-refractivity contribution < 1.29 is 4.74 Å². The lowest BCUT2D eigenvalue weighted by Crippen LogP contribution is -2.42. The van der Waals surface area contributed by atoms with Crippen molar-refractivity contribution in [3.63, 3.8) is 0 Å². The molecule has 120 valence electrons. The minimum Gasteiger partial charge on any atom is -0.381 e. The zero-order valence-corrected chi connectivity index (χ0v) is 14.2. The highest BCUT2D eigenvalue weighted by Crippen LogP contribution is 2.26. The largest absolute Gasteiger partial charge is 0.381 e. The number of rotatable bonds is 7. The first-order valence-electron chi connectivity index (χ1n) is 8.20. The molecule has 0 amide bonds. The Morgan fingerprint density at radius 2 is 2.29 bits per heavy atom. The average molecular weight is 314 g/mol. The Morgan fingerprint density at radius 1 is 1.48 bits per heavy atom. The lowest BCUT2D eigenvalue weighted by molar-refractivity contribution is 0.0390. The molecule has 1 aromatic rings. The van der Waals surface area contributed by atoms with Gasteiger partial charge in [-0.3, -0.25) is 4.68 Å². The highest BCUT2D eigenvalue weighted by molar-refractivity contribution is 6.31. The van der Waals surface area contributed by atoms with Gasteiger partial charge in [0.2, 0.25) is 0 Å². The summed E-state index contributed by atoms with van der Waals surface area (Å²) in [6.07, 6.45) is 4.47. The van der Waals surface area contributed by atoms with Crippen LogP contribution in [0.4, 0.5) is 0 Å². The molecule has 1 N–H and O–H groups in total. The monoisotopic (exact) mass is 313 g/mol. The Bertz CT molecular complexity index is 441. The van der Waals surface area contributed by atoms with Crippen LogP contribution in [0.5, 0.6) is 0 Å². The third-order valence-corrected chi connectivity index (χ3v) is 4.78. The van der Waals surface area contributed by atoms with Crippen LogP contribution in [0.3, 0.4) is 0 Å². The lowest BCUT2D eigenvalue weighted by atomic mass is 9.90. The molecule has 0 bridgehead atoms. The fourth-order valence-corrected chi connectivity index (χ4v) is 3.30. The molecule has 2 heterocycles. The number of ether oxygens (including phenoxy) is 1. The molecule has 0 aliphatic carbocycles. The first kappa shape index (κ1) is 16.8. The van der Waals surface area contributed by atoms with E-state index in [1.807, 2.05) is 11.6 Å². The number of nitrogens with zero attached hydrogens (tertiary/aromatic N) is 2. The molecule has 0 saturated carbocycles. The summed E-state index contributed by atoms with van der Waals surface area (Å²) in [5.41, 5.74) is 2.10. The maximum absolute atomic E-state index is 6.47. The Labute approximate surface area is 133 Å². The van der Waals surface area contributed by atoms with Crippen molar-refractivity contribution in [2.75, 3.05) is 19.8 Å². The molecule has 1 saturated heterocycles. The van der Waals surface area contributed by atoms with Crippen molar-refractivity contribution in [2.24, 2.45) is 5.92 Å². The first-order chi connectivity index (χ1) is 10.2. The fourth-order valence-electron chi connectivity index (χ4n) is 3.09. The summed E-state index contributed by atoms with van der Waals surface area (Å²) in [7, 11) is 0. The van der Waals surface area contributed by atoms with Crippen LogP contribution in [0.2, 0.25) is 5.02 Å². The van der Waals surface area contributed by atoms with Gasteiger partial charge in [0.25, 0.3) is 0 Å². The summed E-state index contributed by atoms with van der Waals surface area (Å²) < 4.78 is 7.72. The molecule has 1 aliphatic rings. The van der Waals surface area contributed by atoms with E-state index in [0.717, 1.165) is 62.0 Å². The van der Waals surface area contributed by atoms with E-state index in [2.05, 4.69) is 24.3 Å². The summed E-state index contributed by atoms with van der Waals surface area (Å²) in [5.74, 6) is 0.571. The maximum atomic E-state index is 6.47. The molecule has 0 aromatic carbocycles. The molecule has 1 fully saturated rings. The number of aromatic nitrogens is 2. The Balaban J connectivity index is 2.13.